The maximum absolute atomic E-state index is 6.23. The Morgan fingerprint density at radius 1 is 1.17 bits per heavy atom. The fraction of sp³-hybridized carbons (Fsp3) is 0.857. The summed E-state index contributed by atoms with van der Waals surface area (Å²) in [5.41, 5.74) is 6.23. The number of aromatic nitrogens is 2. The van der Waals surface area contributed by atoms with Crippen LogP contribution in [-0.2, 0) is 0 Å². The molecule has 4 bridgehead atoms. The highest BCUT2D eigenvalue weighted by atomic mass is 16.5. The lowest BCUT2D eigenvalue weighted by molar-refractivity contribution is -0.0423. The maximum Gasteiger partial charge on any atom is 0.213 e. The molecule has 4 aliphatic rings. The standard InChI is InChI=1S/C14H21N3O/c15-13(14-16-7-18-17-14)6-12-10-2-8-1-9(4-10)5-11(12)3-8/h7-13H,1-6,15H2. The number of nitrogens with two attached hydrogens (primary N) is 1. The van der Waals surface area contributed by atoms with Crippen molar-refractivity contribution < 1.29 is 4.52 Å². The number of hydrogen-bond acceptors (Lipinski definition) is 4. The average molecular weight is 247 g/mol. The molecule has 4 nitrogen and oxygen atoms in total. The van der Waals surface area contributed by atoms with E-state index in [1.807, 2.05) is 0 Å². The van der Waals surface area contributed by atoms with Crippen molar-refractivity contribution in [2.45, 2.75) is 44.6 Å². The molecule has 1 atom stereocenters. The third-order valence-electron chi connectivity index (χ3n) is 5.66. The van der Waals surface area contributed by atoms with Crippen molar-refractivity contribution in [1.29, 1.82) is 0 Å². The summed E-state index contributed by atoms with van der Waals surface area (Å²) in [4.78, 5) is 4.10. The smallest absolute Gasteiger partial charge is 0.213 e. The first-order valence-electron chi connectivity index (χ1n) is 7.31. The van der Waals surface area contributed by atoms with Gasteiger partial charge in [-0.2, -0.15) is 4.98 Å². The average Bonchev–Trinajstić information content (AvgIpc) is 2.86. The fourth-order valence-corrected chi connectivity index (χ4v) is 5.16. The SMILES string of the molecule is NC(CC1C2CC3CC(C2)CC1C3)c1ncon1. The second kappa shape index (κ2) is 4.05. The summed E-state index contributed by atoms with van der Waals surface area (Å²) in [6.07, 6.45) is 9.76. The molecule has 0 amide bonds. The molecule has 4 saturated carbocycles. The van der Waals surface area contributed by atoms with Crippen LogP contribution in [0.1, 0.15) is 50.4 Å². The van der Waals surface area contributed by atoms with Gasteiger partial charge in [0.2, 0.25) is 6.39 Å². The first kappa shape index (κ1) is 11.0. The van der Waals surface area contributed by atoms with Crippen LogP contribution in [0.5, 0.6) is 0 Å². The van der Waals surface area contributed by atoms with Gasteiger partial charge >= 0.3 is 0 Å². The number of nitrogens with zero attached hydrogens (tertiary/aromatic N) is 2. The minimum atomic E-state index is -0.0359. The monoisotopic (exact) mass is 247 g/mol. The molecule has 0 radical (unpaired) electrons. The molecule has 18 heavy (non-hydrogen) atoms. The first-order valence-corrected chi connectivity index (χ1v) is 7.31. The van der Waals surface area contributed by atoms with E-state index in [-0.39, 0.29) is 6.04 Å². The predicted molar refractivity (Wildman–Crippen MR) is 66.4 cm³/mol. The lowest BCUT2D eigenvalue weighted by Crippen LogP contribution is -2.45. The Labute approximate surface area is 107 Å². The molecule has 4 heteroatoms. The van der Waals surface area contributed by atoms with Gasteiger partial charge in [-0.3, -0.25) is 0 Å². The van der Waals surface area contributed by atoms with Gasteiger partial charge in [-0.15, -0.1) is 0 Å². The minimum Gasteiger partial charge on any atom is -0.343 e. The van der Waals surface area contributed by atoms with Crippen LogP contribution < -0.4 is 5.73 Å². The Bertz CT molecular complexity index is 389. The van der Waals surface area contributed by atoms with Crippen LogP contribution >= 0.6 is 0 Å². The molecular weight excluding hydrogens is 226 g/mol. The summed E-state index contributed by atoms with van der Waals surface area (Å²) in [6, 6.07) is -0.0359. The second-order valence-corrected chi connectivity index (χ2v) is 6.73. The zero-order valence-electron chi connectivity index (χ0n) is 10.7. The van der Waals surface area contributed by atoms with E-state index in [9.17, 15) is 0 Å². The molecule has 1 unspecified atom stereocenters. The molecule has 0 spiro atoms. The minimum absolute atomic E-state index is 0.0359. The van der Waals surface area contributed by atoms with Crippen molar-refractivity contribution in [3.8, 4) is 0 Å². The summed E-state index contributed by atoms with van der Waals surface area (Å²) in [5, 5.41) is 3.89. The van der Waals surface area contributed by atoms with Gasteiger partial charge < -0.3 is 10.3 Å². The van der Waals surface area contributed by atoms with Gasteiger partial charge in [0.25, 0.3) is 0 Å². The molecule has 1 heterocycles. The van der Waals surface area contributed by atoms with Crippen molar-refractivity contribution in [2.75, 3.05) is 0 Å². The Kier molecular flexibility index (Phi) is 2.47. The Hall–Kier alpha value is -0.900. The van der Waals surface area contributed by atoms with Gasteiger partial charge in [-0.1, -0.05) is 5.16 Å². The molecular formula is C14H21N3O. The molecule has 0 aromatic carbocycles. The van der Waals surface area contributed by atoms with Crippen molar-refractivity contribution in [2.24, 2.45) is 35.3 Å². The van der Waals surface area contributed by atoms with Crippen molar-refractivity contribution in [3.63, 3.8) is 0 Å². The highest BCUT2D eigenvalue weighted by Crippen LogP contribution is 2.57. The van der Waals surface area contributed by atoms with E-state index in [0.717, 1.165) is 36.0 Å². The van der Waals surface area contributed by atoms with Crippen LogP contribution in [0.2, 0.25) is 0 Å². The van der Waals surface area contributed by atoms with Crippen molar-refractivity contribution in [1.82, 2.24) is 10.1 Å². The molecule has 1 aromatic rings. The van der Waals surface area contributed by atoms with E-state index in [0.29, 0.717) is 5.82 Å². The fourth-order valence-electron chi connectivity index (χ4n) is 5.16. The van der Waals surface area contributed by atoms with Crippen LogP contribution in [0.15, 0.2) is 10.9 Å². The lowest BCUT2D eigenvalue weighted by atomic mass is 9.51. The Morgan fingerprint density at radius 2 is 1.83 bits per heavy atom. The molecule has 4 fully saturated rings. The first-order chi connectivity index (χ1) is 8.79. The topological polar surface area (TPSA) is 64.9 Å². The molecule has 1 aromatic heterocycles. The lowest BCUT2D eigenvalue weighted by Gasteiger charge is -2.55. The van der Waals surface area contributed by atoms with Crippen LogP contribution in [0.3, 0.4) is 0 Å². The molecule has 2 N–H and O–H groups in total. The highest BCUT2D eigenvalue weighted by molar-refractivity contribution is 5.00. The predicted octanol–water partition coefficient (Wildman–Crippen LogP) is 2.53. The van der Waals surface area contributed by atoms with Crippen LogP contribution in [-0.4, -0.2) is 10.1 Å². The third-order valence-corrected chi connectivity index (χ3v) is 5.66. The van der Waals surface area contributed by atoms with E-state index >= 15 is 0 Å². The van der Waals surface area contributed by atoms with E-state index in [1.54, 1.807) is 0 Å². The molecule has 98 valence electrons. The molecule has 4 aliphatic carbocycles. The summed E-state index contributed by atoms with van der Waals surface area (Å²) in [6.45, 7) is 0. The van der Waals surface area contributed by atoms with E-state index in [1.165, 1.54) is 38.5 Å². The number of hydrogen-bond donors (Lipinski definition) is 1. The Morgan fingerprint density at radius 3 is 2.39 bits per heavy atom. The molecule has 0 aliphatic heterocycles. The number of rotatable bonds is 3. The summed E-state index contributed by atoms with van der Waals surface area (Å²) in [5.74, 6) is 5.42. The summed E-state index contributed by atoms with van der Waals surface area (Å²) in [7, 11) is 0. The van der Waals surface area contributed by atoms with Gasteiger partial charge in [0, 0.05) is 0 Å². The highest BCUT2D eigenvalue weighted by Gasteiger charge is 2.48. The van der Waals surface area contributed by atoms with Crippen LogP contribution in [0.25, 0.3) is 0 Å². The van der Waals surface area contributed by atoms with Crippen molar-refractivity contribution in [3.05, 3.63) is 12.2 Å². The van der Waals surface area contributed by atoms with Gasteiger partial charge in [-0.25, -0.2) is 0 Å². The van der Waals surface area contributed by atoms with Crippen LogP contribution in [0.4, 0.5) is 0 Å². The largest absolute Gasteiger partial charge is 0.343 e. The van der Waals surface area contributed by atoms with Gasteiger partial charge in [0.15, 0.2) is 5.82 Å². The molecule has 5 rings (SSSR count). The zero-order valence-corrected chi connectivity index (χ0v) is 10.7. The van der Waals surface area contributed by atoms with Crippen molar-refractivity contribution >= 4 is 0 Å². The van der Waals surface area contributed by atoms with E-state index in [2.05, 4.69) is 10.1 Å². The van der Waals surface area contributed by atoms with Gasteiger partial charge in [0.05, 0.1) is 6.04 Å². The summed E-state index contributed by atoms with van der Waals surface area (Å²) < 4.78 is 4.80. The third kappa shape index (κ3) is 1.69. The second-order valence-electron chi connectivity index (χ2n) is 6.73. The Balaban J connectivity index is 1.49. The van der Waals surface area contributed by atoms with Crippen LogP contribution in [0, 0.1) is 29.6 Å². The maximum atomic E-state index is 6.23. The summed E-state index contributed by atoms with van der Waals surface area (Å²) >= 11 is 0. The zero-order chi connectivity index (χ0) is 12.1. The normalized spacial score (nSPS) is 43.3. The van der Waals surface area contributed by atoms with E-state index < -0.39 is 0 Å². The molecule has 0 saturated heterocycles. The van der Waals surface area contributed by atoms with E-state index in [4.69, 9.17) is 10.3 Å². The van der Waals surface area contributed by atoms with Gasteiger partial charge in [0.1, 0.15) is 0 Å². The van der Waals surface area contributed by atoms with Gasteiger partial charge in [-0.05, 0) is 68.1 Å². The quantitative estimate of drug-likeness (QED) is 0.891.